The van der Waals surface area contributed by atoms with Gasteiger partial charge in [-0.2, -0.15) is 4.98 Å². The van der Waals surface area contributed by atoms with Crippen molar-refractivity contribution in [3.05, 3.63) is 64.8 Å². The molecule has 0 unspecified atom stereocenters. The monoisotopic (exact) mass is 461 g/mol. The molecule has 1 aromatic heterocycles. The highest BCUT2D eigenvalue weighted by Gasteiger charge is 2.11. The standard InChI is InChI=1S/C19H20BrN5O2S/c1-3-13-8-4-5-9-15(13)23-19-21-12-14(20)18(24-19)22-16-10-6-7-11-17(16)25-28(2,26)27/h4-12,25H,3H2,1-2H3,(H2,21,22,23,24). The molecule has 146 valence electrons. The van der Waals surface area contributed by atoms with E-state index in [0.29, 0.717) is 27.6 Å². The van der Waals surface area contributed by atoms with Crippen molar-refractivity contribution in [2.75, 3.05) is 21.6 Å². The van der Waals surface area contributed by atoms with Crippen LogP contribution in [0.5, 0.6) is 0 Å². The van der Waals surface area contributed by atoms with E-state index in [9.17, 15) is 8.42 Å². The van der Waals surface area contributed by atoms with Crippen molar-refractivity contribution < 1.29 is 8.42 Å². The molecule has 0 saturated carbocycles. The number of para-hydroxylation sites is 3. The van der Waals surface area contributed by atoms with E-state index in [0.717, 1.165) is 23.9 Å². The summed E-state index contributed by atoms with van der Waals surface area (Å²) in [6.45, 7) is 2.08. The predicted octanol–water partition coefficient (Wildman–Crippen LogP) is 4.66. The maximum absolute atomic E-state index is 11.6. The van der Waals surface area contributed by atoms with Crippen LogP contribution in [0, 0.1) is 0 Å². The second-order valence-corrected chi connectivity index (χ2v) is 8.67. The number of hydrogen-bond acceptors (Lipinski definition) is 6. The first-order chi connectivity index (χ1) is 13.4. The minimum absolute atomic E-state index is 0.431. The minimum Gasteiger partial charge on any atom is -0.337 e. The Morgan fingerprint density at radius 3 is 2.29 bits per heavy atom. The molecule has 0 saturated heterocycles. The Morgan fingerprint density at radius 1 is 0.964 bits per heavy atom. The number of nitrogens with one attached hydrogen (secondary N) is 3. The van der Waals surface area contributed by atoms with Gasteiger partial charge in [-0.05, 0) is 46.1 Å². The molecule has 7 nitrogen and oxygen atoms in total. The molecule has 2 aromatic carbocycles. The Bertz CT molecular complexity index is 1090. The van der Waals surface area contributed by atoms with Crippen LogP contribution in [-0.2, 0) is 16.4 Å². The minimum atomic E-state index is -3.41. The van der Waals surface area contributed by atoms with Crippen LogP contribution in [0.3, 0.4) is 0 Å². The van der Waals surface area contributed by atoms with Gasteiger partial charge < -0.3 is 10.6 Å². The van der Waals surface area contributed by atoms with E-state index in [1.807, 2.05) is 30.3 Å². The molecule has 0 aliphatic heterocycles. The Morgan fingerprint density at radius 2 is 1.61 bits per heavy atom. The van der Waals surface area contributed by atoms with Crippen LogP contribution in [0.4, 0.5) is 28.8 Å². The molecule has 3 aromatic rings. The maximum Gasteiger partial charge on any atom is 0.229 e. The first-order valence-corrected chi connectivity index (χ1v) is 11.3. The lowest BCUT2D eigenvalue weighted by Gasteiger charge is -2.14. The number of nitrogens with zero attached hydrogens (tertiary/aromatic N) is 2. The second kappa shape index (κ2) is 8.57. The normalized spacial score (nSPS) is 11.1. The first-order valence-electron chi connectivity index (χ1n) is 8.57. The van der Waals surface area contributed by atoms with Crippen molar-refractivity contribution in [1.82, 2.24) is 9.97 Å². The quantitative estimate of drug-likeness (QED) is 0.473. The van der Waals surface area contributed by atoms with Crippen LogP contribution in [0.15, 0.2) is 59.2 Å². The largest absolute Gasteiger partial charge is 0.337 e. The van der Waals surface area contributed by atoms with Gasteiger partial charge in [0.1, 0.15) is 5.82 Å². The number of hydrogen-bond donors (Lipinski definition) is 3. The predicted molar refractivity (Wildman–Crippen MR) is 117 cm³/mol. The van der Waals surface area contributed by atoms with Crippen LogP contribution < -0.4 is 15.4 Å². The third-order valence-corrected chi connectivity index (χ3v) is 5.04. The molecule has 1 heterocycles. The summed E-state index contributed by atoms with van der Waals surface area (Å²) >= 11 is 3.43. The van der Waals surface area contributed by atoms with Crippen molar-refractivity contribution in [3.8, 4) is 0 Å². The van der Waals surface area contributed by atoms with Crippen molar-refractivity contribution in [1.29, 1.82) is 0 Å². The van der Waals surface area contributed by atoms with Gasteiger partial charge in [-0.3, -0.25) is 4.72 Å². The van der Waals surface area contributed by atoms with Crippen LogP contribution >= 0.6 is 15.9 Å². The van der Waals surface area contributed by atoms with Crippen molar-refractivity contribution in [3.63, 3.8) is 0 Å². The third-order valence-electron chi connectivity index (χ3n) is 3.86. The van der Waals surface area contributed by atoms with E-state index in [-0.39, 0.29) is 0 Å². The van der Waals surface area contributed by atoms with Crippen molar-refractivity contribution in [2.45, 2.75) is 13.3 Å². The lowest BCUT2D eigenvalue weighted by molar-refractivity contribution is 0.607. The van der Waals surface area contributed by atoms with Crippen molar-refractivity contribution in [2.24, 2.45) is 0 Å². The Balaban J connectivity index is 1.89. The molecular formula is C19H20BrN5O2S. The molecule has 0 fully saturated rings. The Kier molecular flexibility index (Phi) is 6.15. The van der Waals surface area contributed by atoms with Crippen LogP contribution in [0.2, 0.25) is 0 Å². The molecule has 0 spiro atoms. The average molecular weight is 462 g/mol. The molecule has 0 amide bonds. The Hall–Kier alpha value is -2.65. The van der Waals surface area contributed by atoms with E-state index >= 15 is 0 Å². The zero-order chi connectivity index (χ0) is 20.1. The van der Waals surface area contributed by atoms with Gasteiger partial charge in [0.15, 0.2) is 0 Å². The Labute approximate surface area is 172 Å². The molecule has 0 aliphatic rings. The second-order valence-electron chi connectivity index (χ2n) is 6.07. The number of aromatic nitrogens is 2. The summed E-state index contributed by atoms with van der Waals surface area (Å²) in [7, 11) is -3.41. The topological polar surface area (TPSA) is 96.0 Å². The molecule has 0 aliphatic carbocycles. The highest BCUT2D eigenvalue weighted by atomic mass is 79.9. The maximum atomic E-state index is 11.6. The zero-order valence-corrected chi connectivity index (χ0v) is 17.8. The summed E-state index contributed by atoms with van der Waals surface area (Å²) in [5.74, 6) is 0.939. The van der Waals surface area contributed by atoms with Gasteiger partial charge in [0.2, 0.25) is 16.0 Å². The van der Waals surface area contributed by atoms with Crippen LogP contribution in [0.1, 0.15) is 12.5 Å². The van der Waals surface area contributed by atoms with Crippen LogP contribution in [0.25, 0.3) is 0 Å². The molecular weight excluding hydrogens is 442 g/mol. The summed E-state index contributed by atoms with van der Waals surface area (Å²) in [6, 6.07) is 15.0. The van der Waals surface area contributed by atoms with E-state index in [4.69, 9.17) is 0 Å². The highest BCUT2D eigenvalue weighted by molar-refractivity contribution is 9.10. The lowest BCUT2D eigenvalue weighted by atomic mass is 10.1. The van der Waals surface area contributed by atoms with E-state index in [1.165, 1.54) is 0 Å². The zero-order valence-electron chi connectivity index (χ0n) is 15.4. The average Bonchev–Trinajstić information content (AvgIpc) is 2.65. The fraction of sp³-hybridized carbons (Fsp3) is 0.158. The molecule has 0 radical (unpaired) electrons. The third kappa shape index (κ3) is 5.20. The number of halogens is 1. The van der Waals surface area contributed by atoms with E-state index in [2.05, 4.69) is 48.2 Å². The SMILES string of the molecule is CCc1ccccc1Nc1ncc(Br)c(Nc2ccccc2NS(C)(=O)=O)n1. The number of rotatable bonds is 7. The molecule has 3 rings (SSSR count). The number of aryl methyl sites for hydroxylation is 1. The highest BCUT2D eigenvalue weighted by Crippen LogP contribution is 2.30. The molecule has 3 N–H and O–H groups in total. The summed E-state index contributed by atoms with van der Waals surface area (Å²) in [5.41, 5.74) is 3.11. The van der Waals surface area contributed by atoms with Gasteiger partial charge in [-0.15, -0.1) is 0 Å². The van der Waals surface area contributed by atoms with Crippen LogP contribution in [-0.4, -0.2) is 24.6 Å². The molecule has 9 heteroatoms. The van der Waals surface area contributed by atoms with Gasteiger partial charge in [0.05, 0.1) is 22.1 Å². The number of benzene rings is 2. The van der Waals surface area contributed by atoms with Gasteiger partial charge in [-0.25, -0.2) is 13.4 Å². The summed E-state index contributed by atoms with van der Waals surface area (Å²) in [6.07, 6.45) is 3.63. The summed E-state index contributed by atoms with van der Waals surface area (Å²) < 4.78 is 26.4. The van der Waals surface area contributed by atoms with E-state index in [1.54, 1.807) is 24.4 Å². The van der Waals surface area contributed by atoms with Gasteiger partial charge in [-0.1, -0.05) is 37.3 Å². The van der Waals surface area contributed by atoms with E-state index < -0.39 is 10.0 Å². The summed E-state index contributed by atoms with van der Waals surface area (Å²) in [5, 5.41) is 6.39. The molecule has 0 bridgehead atoms. The van der Waals surface area contributed by atoms with Gasteiger partial charge >= 0.3 is 0 Å². The molecule has 0 atom stereocenters. The fourth-order valence-corrected chi connectivity index (χ4v) is 3.46. The summed E-state index contributed by atoms with van der Waals surface area (Å²) in [4.78, 5) is 8.83. The number of anilines is 5. The number of sulfonamides is 1. The first kappa shape index (κ1) is 20.1. The van der Waals surface area contributed by atoms with Crippen molar-refractivity contribution >= 4 is 54.8 Å². The van der Waals surface area contributed by atoms with Gasteiger partial charge in [0, 0.05) is 11.9 Å². The smallest absolute Gasteiger partial charge is 0.229 e. The fourth-order valence-electron chi connectivity index (χ4n) is 2.59. The lowest BCUT2D eigenvalue weighted by Crippen LogP contribution is -2.11. The molecule has 28 heavy (non-hydrogen) atoms. The van der Waals surface area contributed by atoms with Gasteiger partial charge in [0.25, 0.3) is 0 Å².